The molecule has 1 aliphatic carbocycles. The summed E-state index contributed by atoms with van der Waals surface area (Å²) in [5.74, 6) is 2.13. The lowest BCUT2D eigenvalue weighted by atomic mass is 9.84. The first-order valence-electron chi connectivity index (χ1n) is 6.76. The Morgan fingerprint density at radius 2 is 2.11 bits per heavy atom. The molecule has 0 aliphatic heterocycles. The molecule has 3 heteroatoms. The van der Waals surface area contributed by atoms with Gasteiger partial charge in [-0.3, -0.25) is 0 Å². The van der Waals surface area contributed by atoms with Crippen molar-refractivity contribution in [2.45, 2.75) is 51.0 Å². The van der Waals surface area contributed by atoms with Crippen molar-refractivity contribution in [3.05, 3.63) is 28.2 Å². The zero-order chi connectivity index (χ0) is 13.0. The molecule has 100 valence electrons. The molecule has 0 spiro atoms. The van der Waals surface area contributed by atoms with E-state index in [4.69, 9.17) is 16.3 Å². The van der Waals surface area contributed by atoms with Crippen molar-refractivity contribution in [3.63, 3.8) is 0 Å². The maximum Gasteiger partial charge on any atom is 0.138 e. The minimum Gasteiger partial charge on any atom is -0.489 e. The molecule has 1 aromatic rings. The van der Waals surface area contributed by atoms with Crippen LogP contribution in [0.3, 0.4) is 0 Å². The van der Waals surface area contributed by atoms with Crippen LogP contribution in [-0.2, 0) is 5.88 Å². The molecule has 0 bridgehead atoms. The largest absolute Gasteiger partial charge is 0.489 e. The summed E-state index contributed by atoms with van der Waals surface area (Å²) in [7, 11) is 0. The quantitative estimate of drug-likeness (QED) is 0.659. The number of ether oxygens (including phenoxy) is 1. The van der Waals surface area contributed by atoms with E-state index in [9.17, 15) is 0 Å². The predicted molar refractivity (Wildman–Crippen MR) is 80.4 cm³/mol. The summed E-state index contributed by atoms with van der Waals surface area (Å²) in [6.45, 7) is 2.26. The van der Waals surface area contributed by atoms with Gasteiger partial charge in [0.15, 0.2) is 0 Å². The van der Waals surface area contributed by atoms with E-state index in [1.165, 1.54) is 32.1 Å². The number of alkyl halides is 1. The van der Waals surface area contributed by atoms with Crippen molar-refractivity contribution in [1.29, 1.82) is 0 Å². The normalized spacial score (nSPS) is 23.9. The monoisotopic (exact) mass is 330 g/mol. The second kappa shape index (κ2) is 6.81. The molecular formula is C15H20BrClO. The first-order chi connectivity index (χ1) is 8.76. The first-order valence-corrected chi connectivity index (χ1v) is 8.09. The van der Waals surface area contributed by atoms with Gasteiger partial charge in [0.1, 0.15) is 11.9 Å². The first kappa shape index (κ1) is 14.2. The van der Waals surface area contributed by atoms with Gasteiger partial charge in [-0.05, 0) is 53.6 Å². The second-order valence-corrected chi connectivity index (χ2v) is 6.09. The topological polar surface area (TPSA) is 9.23 Å². The average Bonchev–Trinajstić information content (AvgIpc) is 2.41. The molecule has 2 atom stereocenters. The van der Waals surface area contributed by atoms with Crippen LogP contribution >= 0.6 is 27.5 Å². The van der Waals surface area contributed by atoms with Crippen molar-refractivity contribution >= 4 is 27.5 Å². The average molecular weight is 332 g/mol. The number of para-hydroxylation sites is 1. The minimum atomic E-state index is 0.351. The lowest BCUT2D eigenvalue weighted by molar-refractivity contribution is 0.0889. The van der Waals surface area contributed by atoms with Crippen molar-refractivity contribution in [3.8, 4) is 5.75 Å². The molecule has 2 unspecified atom stereocenters. The Labute approximate surface area is 123 Å². The molecule has 0 radical (unpaired) electrons. The van der Waals surface area contributed by atoms with Gasteiger partial charge in [0.2, 0.25) is 0 Å². The molecule has 0 heterocycles. The van der Waals surface area contributed by atoms with E-state index < -0.39 is 0 Å². The standard InChI is InChI=1S/C15H20BrClO/c1-2-11-6-3-4-9-14(11)18-15-12(10-17)7-5-8-13(15)16/h5,7-8,11,14H,2-4,6,9-10H2,1H3. The van der Waals surface area contributed by atoms with Crippen LogP contribution in [0.25, 0.3) is 0 Å². The third-order valence-corrected chi connectivity index (χ3v) is 4.74. The Hall–Kier alpha value is -0.210. The fourth-order valence-electron chi connectivity index (χ4n) is 2.74. The lowest BCUT2D eigenvalue weighted by Crippen LogP contribution is -2.30. The zero-order valence-corrected chi connectivity index (χ0v) is 13.1. The van der Waals surface area contributed by atoms with Crippen molar-refractivity contribution in [2.24, 2.45) is 5.92 Å². The summed E-state index contributed by atoms with van der Waals surface area (Å²) in [6.07, 6.45) is 6.64. The van der Waals surface area contributed by atoms with E-state index in [1.807, 2.05) is 18.2 Å². The molecule has 18 heavy (non-hydrogen) atoms. The highest BCUT2D eigenvalue weighted by molar-refractivity contribution is 9.10. The Bertz CT molecular complexity index is 394. The van der Waals surface area contributed by atoms with E-state index in [0.717, 1.165) is 15.8 Å². The van der Waals surface area contributed by atoms with Gasteiger partial charge in [0, 0.05) is 5.56 Å². The van der Waals surface area contributed by atoms with Crippen LogP contribution in [0, 0.1) is 5.92 Å². The van der Waals surface area contributed by atoms with Gasteiger partial charge in [-0.25, -0.2) is 0 Å². The summed E-state index contributed by atoms with van der Waals surface area (Å²) >= 11 is 9.56. The molecule has 0 aromatic heterocycles. The third-order valence-electron chi connectivity index (χ3n) is 3.83. The van der Waals surface area contributed by atoms with Gasteiger partial charge in [-0.15, -0.1) is 11.6 Å². The predicted octanol–water partition coefficient (Wildman–Crippen LogP) is 5.54. The molecule has 1 fully saturated rings. The Morgan fingerprint density at radius 1 is 1.33 bits per heavy atom. The van der Waals surface area contributed by atoms with Crippen LogP contribution in [0.5, 0.6) is 5.75 Å². The number of hydrogen-bond donors (Lipinski definition) is 0. The fourth-order valence-corrected chi connectivity index (χ4v) is 3.45. The molecule has 0 N–H and O–H groups in total. The van der Waals surface area contributed by atoms with Gasteiger partial charge in [-0.2, -0.15) is 0 Å². The highest BCUT2D eigenvalue weighted by atomic mass is 79.9. The molecule has 1 saturated carbocycles. The van der Waals surface area contributed by atoms with Crippen molar-refractivity contribution in [1.82, 2.24) is 0 Å². The number of benzene rings is 1. The van der Waals surface area contributed by atoms with Gasteiger partial charge >= 0.3 is 0 Å². The van der Waals surface area contributed by atoms with E-state index in [1.54, 1.807) is 0 Å². The minimum absolute atomic E-state index is 0.351. The van der Waals surface area contributed by atoms with Gasteiger partial charge in [0.05, 0.1) is 10.4 Å². The summed E-state index contributed by atoms with van der Waals surface area (Å²) < 4.78 is 7.30. The fraction of sp³-hybridized carbons (Fsp3) is 0.600. The SMILES string of the molecule is CCC1CCCCC1Oc1c(Br)cccc1CCl. The summed E-state index contributed by atoms with van der Waals surface area (Å²) in [4.78, 5) is 0. The van der Waals surface area contributed by atoms with Crippen LogP contribution in [0.15, 0.2) is 22.7 Å². The van der Waals surface area contributed by atoms with E-state index >= 15 is 0 Å². The van der Waals surface area contributed by atoms with E-state index in [2.05, 4.69) is 22.9 Å². The van der Waals surface area contributed by atoms with Crippen LogP contribution in [0.2, 0.25) is 0 Å². The molecule has 2 rings (SSSR count). The van der Waals surface area contributed by atoms with Crippen LogP contribution in [-0.4, -0.2) is 6.10 Å². The molecular weight excluding hydrogens is 312 g/mol. The lowest BCUT2D eigenvalue weighted by Gasteiger charge is -2.32. The van der Waals surface area contributed by atoms with Crippen molar-refractivity contribution < 1.29 is 4.74 Å². The number of rotatable bonds is 4. The Balaban J connectivity index is 2.17. The van der Waals surface area contributed by atoms with Gasteiger partial charge in [-0.1, -0.05) is 25.5 Å². The third kappa shape index (κ3) is 3.21. The number of halogens is 2. The molecule has 0 saturated heterocycles. The second-order valence-electron chi connectivity index (χ2n) is 4.97. The highest BCUT2D eigenvalue weighted by Crippen LogP contribution is 2.36. The molecule has 1 aliphatic rings. The highest BCUT2D eigenvalue weighted by Gasteiger charge is 2.26. The van der Waals surface area contributed by atoms with Crippen LogP contribution in [0.4, 0.5) is 0 Å². The number of hydrogen-bond acceptors (Lipinski definition) is 1. The maximum absolute atomic E-state index is 6.28. The summed E-state index contributed by atoms with van der Waals surface area (Å²) in [5.41, 5.74) is 1.08. The Kier molecular flexibility index (Phi) is 5.38. The van der Waals surface area contributed by atoms with Crippen LogP contribution < -0.4 is 4.74 Å². The Morgan fingerprint density at radius 3 is 2.83 bits per heavy atom. The van der Waals surface area contributed by atoms with Crippen LogP contribution in [0.1, 0.15) is 44.6 Å². The summed E-state index contributed by atoms with van der Waals surface area (Å²) in [6, 6.07) is 6.07. The molecule has 0 amide bonds. The smallest absolute Gasteiger partial charge is 0.138 e. The van der Waals surface area contributed by atoms with Crippen molar-refractivity contribution in [2.75, 3.05) is 0 Å². The molecule has 1 aromatic carbocycles. The van der Waals surface area contributed by atoms with E-state index in [-0.39, 0.29) is 0 Å². The van der Waals surface area contributed by atoms with E-state index in [0.29, 0.717) is 17.9 Å². The van der Waals surface area contributed by atoms with Gasteiger partial charge < -0.3 is 4.74 Å². The zero-order valence-electron chi connectivity index (χ0n) is 10.8. The maximum atomic E-state index is 6.28. The summed E-state index contributed by atoms with van der Waals surface area (Å²) in [5, 5.41) is 0. The van der Waals surface area contributed by atoms with Gasteiger partial charge in [0.25, 0.3) is 0 Å². The molecule has 1 nitrogen and oxygen atoms in total.